The molecule has 1 atom stereocenters. The lowest BCUT2D eigenvalue weighted by Gasteiger charge is -2.33. The van der Waals surface area contributed by atoms with Gasteiger partial charge in [0, 0.05) is 0 Å². The van der Waals surface area contributed by atoms with Crippen molar-refractivity contribution in [1.29, 1.82) is 0 Å². The van der Waals surface area contributed by atoms with E-state index in [-0.39, 0.29) is 12.5 Å². The maximum absolute atomic E-state index is 11.9. The number of carboxylic acids is 1. The number of rotatable bonds is 5. The van der Waals surface area contributed by atoms with Gasteiger partial charge in [-0.15, -0.1) is 0 Å². The van der Waals surface area contributed by atoms with Gasteiger partial charge in [-0.3, -0.25) is 14.4 Å². The van der Waals surface area contributed by atoms with Crippen LogP contribution in [0, 0.1) is 0 Å². The van der Waals surface area contributed by atoms with E-state index in [1.807, 2.05) is 0 Å². The Bertz CT molecular complexity index is 337. The number of piperidine rings is 1. The highest BCUT2D eigenvalue weighted by atomic mass is 16.4. The smallest absolute Gasteiger partial charge is 0.322 e. The second-order valence-corrected chi connectivity index (χ2v) is 4.57. The third-order valence-corrected chi connectivity index (χ3v) is 2.97. The molecule has 1 heterocycles. The second-order valence-electron chi connectivity index (χ2n) is 4.57. The molecule has 1 fully saturated rings. The largest absolute Gasteiger partial charge is 0.480 e. The summed E-state index contributed by atoms with van der Waals surface area (Å²) in [5.41, 5.74) is -0.634. The molecule has 102 valence electrons. The Morgan fingerprint density at radius 3 is 2.50 bits per heavy atom. The number of nitrogens with one attached hydrogen (secondary N) is 3. The summed E-state index contributed by atoms with van der Waals surface area (Å²) in [4.78, 5) is 33.4. The number of hydrogen-bond acceptors (Lipinski definition) is 4. The minimum Gasteiger partial charge on any atom is -0.480 e. The van der Waals surface area contributed by atoms with Gasteiger partial charge in [0.2, 0.25) is 11.8 Å². The number of amides is 2. The van der Waals surface area contributed by atoms with Gasteiger partial charge in [0.15, 0.2) is 0 Å². The number of carboxylic acid groups (broad SMARTS) is 1. The quantitative estimate of drug-likeness (QED) is 0.497. The van der Waals surface area contributed by atoms with E-state index in [0.29, 0.717) is 0 Å². The van der Waals surface area contributed by atoms with Gasteiger partial charge in [0.25, 0.3) is 0 Å². The maximum atomic E-state index is 11.9. The van der Waals surface area contributed by atoms with Crippen molar-refractivity contribution in [3.63, 3.8) is 0 Å². The van der Waals surface area contributed by atoms with Crippen molar-refractivity contribution < 1.29 is 19.5 Å². The van der Waals surface area contributed by atoms with Crippen molar-refractivity contribution >= 4 is 17.8 Å². The first-order chi connectivity index (χ1) is 8.44. The van der Waals surface area contributed by atoms with Crippen molar-refractivity contribution in [3.8, 4) is 0 Å². The number of carbonyl (C=O) groups is 3. The molecule has 0 saturated carbocycles. The Labute approximate surface area is 105 Å². The predicted molar refractivity (Wildman–Crippen MR) is 63.9 cm³/mol. The number of carbonyl (C=O) groups excluding carboxylic acids is 2. The minimum atomic E-state index is -1.12. The lowest BCUT2D eigenvalue weighted by Crippen LogP contribution is -2.58. The summed E-state index contributed by atoms with van der Waals surface area (Å²) in [5.74, 6) is -1.85. The number of hydrogen-bond donors (Lipinski definition) is 4. The van der Waals surface area contributed by atoms with Crippen LogP contribution in [-0.2, 0) is 14.4 Å². The summed E-state index contributed by atoms with van der Waals surface area (Å²) >= 11 is 0. The Kier molecular flexibility index (Phi) is 5.08. The third kappa shape index (κ3) is 4.33. The summed E-state index contributed by atoms with van der Waals surface area (Å²) in [6.07, 6.45) is 2.75. The van der Waals surface area contributed by atoms with Crippen LogP contribution in [0.15, 0.2) is 0 Å². The van der Waals surface area contributed by atoms with Gasteiger partial charge < -0.3 is 21.1 Å². The monoisotopic (exact) mass is 257 g/mol. The normalized spacial score (nSPS) is 23.2. The molecule has 0 aromatic carbocycles. The topological polar surface area (TPSA) is 108 Å². The van der Waals surface area contributed by atoms with E-state index in [1.165, 1.54) is 0 Å². The Morgan fingerprint density at radius 1 is 1.22 bits per heavy atom. The fourth-order valence-corrected chi connectivity index (χ4v) is 1.84. The summed E-state index contributed by atoms with van der Waals surface area (Å²) in [5, 5.41) is 16.2. The van der Waals surface area contributed by atoms with E-state index < -0.39 is 24.0 Å². The van der Waals surface area contributed by atoms with Gasteiger partial charge in [0.05, 0.1) is 12.1 Å². The fourth-order valence-electron chi connectivity index (χ4n) is 1.84. The SMILES string of the molecule is CC1(C(=O)NCC(=O)NCC(=O)O)CCCCN1. The zero-order valence-corrected chi connectivity index (χ0v) is 10.4. The minimum absolute atomic E-state index is 0.205. The predicted octanol–water partition coefficient (Wildman–Crippen LogP) is -1.16. The molecule has 4 N–H and O–H groups in total. The van der Waals surface area contributed by atoms with Crippen LogP contribution >= 0.6 is 0 Å². The van der Waals surface area contributed by atoms with Crippen LogP contribution < -0.4 is 16.0 Å². The van der Waals surface area contributed by atoms with Crippen molar-refractivity contribution in [2.75, 3.05) is 19.6 Å². The molecule has 1 aliphatic heterocycles. The Balaban J connectivity index is 2.31. The Hall–Kier alpha value is -1.63. The van der Waals surface area contributed by atoms with Crippen LogP contribution in [0.1, 0.15) is 26.2 Å². The van der Waals surface area contributed by atoms with Crippen LogP contribution in [0.3, 0.4) is 0 Å². The standard InChI is InChI=1S/C11H19N3O4/c1-11(4-2-3-5-14-11)10(18)13-6-8(15)12-7-9(16)17/h14H,2-7H2,1H3,(H,12,15)(H,13,18)(H,16,17). The lowest BCUT2D eigenvalue weighted by atomic mass is 9.90. The van der Waals surface area contributed by atoms with Crippen molar-refractivity contribution in [2.24, 2.45) is 0 Å². The van der Waals surface area contributed by atoms with E-state index >= 15 is 0 Å². The van der Waals surface area contributed by atoms with Gasteiger partial charge in [-0.2, -0.15) is 0 Å². The molecule has 7 heteroatoms. The zero-order valence-electron chi connectivity index (χ0n) is 10.4. The van der Waals surface area contributed by atoms with Gasteiger partial charge >= 0.3 is 5.97 Å². The summed E-state index contributed by atoms with van der Waals surface area (Å²) in [7, 11) is 0. The molecule has 2 amide bonds. The van der Waals surface area contributed by atoms with E-state index in [0.717, 1.165) is 25.8 Å². The van der Waals surface area contributed by atoms with Gasteiger partial charge in [-0.05, 0) is 32.7 Å². The highest BCUT2D eigenvalue weighted by Crippen LogP contribution is 2.18. The van der Waals surface area contributed by atoms with Gasteiger partial charge in [-0.25, -0.2) is 0 Å². The molecule has 0 bridgehead atoms. The molecule has 0 aromatic rings. The first-order valence-electron chi connectivity index (χ1n) is 5.96. The van der Waals surface area contributed by atoms with Crippen molar-refractivity contribution in [3.05, 3.63) is 0 Å². The molecule has 0 radical (unpaired) electrons. The van der Waals surface area contributed by atoms with Crippen molar-refractivity contribution in [1.82, 2.24) is 16.0 Å². The molecular weight excluding hydrogens is 238 g/mol. The van der Waals surface area contributed by atoms with Gasteiger partial charge in [-0.1, -0.05) is 0 Å². The average molecular weight is 257 g/mol. The van der Waals surface area contributed by atoms with Crippen LogP contribution in [-0.4, -0.2) is 48.1 Å². The van der Waals surface area contributed by atoms with Gasteiger partial charge in [0.1, 0.15) is 6.54 Å². The maximum Gasteiger partial charge on any atom is 0.322 e. The summed E-state index contributed by atoms with van der Waals surface area (Å²) < 4.78 is 0. The average Bonchev–Trinajstić information content (AvgIpc) is 2.34. The van der Waals surface area contributed by atoms with Crippen LogP contribution in [0.25, 0.3) is 0 Å². The molecular formula is C11H19N3O4. The Morgan fingerprint density at radius 2 is 1.94 bits per heavy atom. The third-order valence-electron chi connectivity index (χ3n) is 2.97. The number of aliphatic carboxylic acids is 1. The molecule has 1 saturated heterocycles. The molecule has 1 rings (SSSR count). The lowest BCUT2D eigenvalue weighted by molar-refractivity contribution is -0.137. The zero-order chi connectivity index (χ0) is 13.6. The highest BCUT2D eigenvalue weighted by Gasteiger charge is 2.34. The highest BCUT2D eigenvalue weighted by molar-refractivity contribution is 5.90. The molecule has 1 aliphatic rings. The summed E-state index contributed by atoms with van der Waals surface area (Å²) in [6.45, 7) is 1.94. The molecule has 18 heavy (non-hydrogen) atoms. The van der Waals surface area contributed by atoms with Crippen molar-refractivity contribution in [2.45, 2.75) is 31.7 Å². The van der Waals surface area contributed by atoms with Crippen LogP contribution in [0.4, 0.5) is 0 Å². The van der Waals surface area contributed by atoms with E-state index in [9.17, 15) is 14.4 Å². The van der Waals surface area contributed by atoms with E-state index in [1.54, 1.807) is 6.92 Å². The van der Waals surface area contributed by atoms with E-state index in [4.69, 9.17) is 5.11 Å². The van der Waals surface area contributed by atoms with Crippen LogP contribution in [0.2, 0.25) is 0 Å². The molecule has 0 spiro atoms. The van der Waals surface area contributed by atoms with E-state index in [2.05, 4.69) is 16.0 Å². The molecule has 0 aliphatic carbocycles. The molecule has 0 aromatic heterocycles. The molecule has 1 unspecified atom stereocenters. The first-order valence-corrected chi connectivity index (χ1v) is 5.96. The second kappa shape index (κ2) is 6.34. The fraction of sp³-hybridized carbons (Fsp3) is 0.727. The molecule has 7 nitrogen and oxygen atoms in total. The summed E-state index contributed by atoms with van der Waals surface area (Å²) in [6, 6.07) is 0. The first kappa shape index (κ1) is 14.4. The van der Waals surface area contributed by atoms with Crippen LogP contribution in [0.5, 0.6) is 0 Å².